The van der Waals surface area contributed by atoms with E-state index in [4.69, 9.17) is 15.0 Å². The molecule has 116 valence electrons. The van der Waals surface area contributed by atoms with Gasteiger partial charge in [-0.25, -0.2) is 4.98 Å². The normalized spacial score (nSPS) is 10.5. The van der Waals surface area contributed by atoms with Crippen LogP contribution in [0.5, 0.6) is 5.88 Å². The van der Waals surface area contributed by atoms with Gasteiger partial charge in [0.25, 0.3) is 5.91 Å². The molecule has 0 radical (unpaired) electrons. The van der Waals surface area contributed by atoms with E-state index in [1.807, 2.05) is 18.2 Å². The molecular weight excluding hydrogens is 296 g/mol. The van der Waals surface area contributed by atoms with E-state index in [2.05, 4.69) is 15.1 Å². The molecule has 0 aliphatic heterocycles. The minimum atomic E-state index is -0.597. The van der Waals surface area contributed by atoms with Crippen molar-refractivity contribution < 1.29 is 14.1 Å². The standard InChI is InChI=1S/C16H14N4O3/c1-10-12(14(20-23-10)13-6-2-3-7-18-13)9-22-16-11(15(17)21)5-4-8-19-16/h2-8H,9H2,1H3,(H2,17,21). The number of aromatic nitrogens is 3. The molecule has 3 heterocycles. The van der Waals surface area contributed by atoms with E-state index in [0.717, 1.165) is 5.56 Å². The second-order valence-electron chi connectivity index (χ2n) is 4.79. The van der Waals surface area contributed by atoms with E-state index < -0.39 is 5.91 Å². The lowest BCUT2D eigenvalue weighted by Crippen LogP contribution is -2.14. The fraction of sp³-hybridized carbons (Fsp3) is 0.125. The highest BCUT2D eigenvalue weighted by molar-refractivity contribution is 5.94. The first-order valence-corrected chi connectivity index (χ1v) is 6.91. The number of carbonyl (C=O) groups is 1. The largest absolute Gasteiger partial charge is 0.472 e. The third kappa shape index (κ3) is 3.03. The predicted octanol–water partition coefficient (Wildman–Crippen LogP) is 2.12. The van der Waals surface area contributed by atoms with E-state index in [-0.39, 0.29) is 18.1 Å². The molecule has 0 aromatic carbocycles. The molecule has 3 aromatic rings. The maximum atomic E-state index is 11.4. The minimum absolute atomic E-state index is 0.137. The van der Waals surface area contributed by atoms with E-state index in [0.29, 0.717) is 17.1 Å². The molecular formula is C16H14N4O3. The van der Waals surface area contributed by atoms with Crippen LogP contribution in [0.4, 0.5) is 0 Å². The first-order chi connectivity index (χ1) is 11.2. The van der Waals surface area contributed by atoms with Crippen LogP contribution in [0.3, 0.4) is 0 Å². The molecule has 0 saturated heterocycles. The van der Waals surface area contributed by atoms with Crippen LogP contribution in [-0.2, 0) is 6.61 Å². The number of pyridine rings is 2. The van der Waals surface area contributed by atoms with Crippen molar-refractivity contribution in [2.45, 2.75) is 13.5 Å². The van der Waals surface area contributed by atoms with Gasteiger partial charge in [0, 0.05) is 12.4 Å². The van der Waals surface area contributed by atoms with E-state index >= 15 is 0 Å². The van der Waals surface area contributed by atoms with Crippen molar-refractivity contribution >= 4 is 5.91 Å². The molecule has 2 N–H and O–H groups in total. The fourth-order valence-corrected chi connectivity index (χ4v) is 2.10. The van der Waals surface area contributed by atoms with Crippen LogP contribution < -0.4 is 10.5 Å². The summed E-state index contributed by atoms with van der Waals surface area (Å²) in [5, 5.41) is 4.03. The zero-order valence-electron chi connectivity index (χ0n) is 12.4. The highest BCUT2D eigenvalue weighted by Gasteiger charge is 2.18. The number of nitrogens with zero attached hydrogens (tertiary/aromatic N) is 3. The first kappa shape index (κ1) is 14.7. The van der Waals surface area contributed by atoms with Crippen LogP contribution >= 0.6 is 0 Å². The maximum Gasteiger partial charge on any atom is 0.254 e. The zero-order chi connectivity index (χ0) is 16.2. The van der Waals surface area contributed by atoms with Crippen LogP contribution in [0.2, 0.25) is 0 Å². The van der Waals surface area contributed by atoms with Gasteiger partial charge in [-0.15, -0.1) is 0 Å². The number of hydrogen-bond acceptors (Lipinski definition) is 6. The van der Waals surface area contributed by atoms with E-state index in [9.17, 15) is 4.79 Å². The Hall–Kier alpha value is -3.22. The number of amides is 1. The molecule has 0 aliphatic rings. The Bertz CT molecular complexity index is 830. The summed E-state index contributed by atoms with van der Waals surface area (Å²) in [5.41, 5.74) is 7.55. The van der Waals surface area contributed by atoms with Crippen LogP contribution in [0.25, 0.3) is 11.4 Å². The number of hydrogen-bond donors (Lipinski definition) is 1. The van der Waals surface area contributed by atoms with Crippen LogP contribution in [0, 0.1) is 6.92 Å². The molecule has 0 bridgehead atoms. The molecule has 0 atom stereocenters. The summed E-state index contributed by atoms with van der Waals surface area (Å²) in [6, 6.07) is 8.69. The molecule has 7 nitrogen and oxygen atoms in total. The van der Waals surface area contributed by atoms with Gasteiger partial charge in [0.15, 0.2) is 0 Å². The first-order valence-electron chi connectivity index (χ1n) is 6.91. The molecule has 23 heavy (non-hydrogen) atoms. The van der Waals surface area contributed by atoms with Crippen molar-refractivity contribution in [2.75, 3.05) is 0 Å². The number of primary amides is 1. The van der Waals surface area contributed by atoms with Crippen molar-refractivity contribution in [1.82, 2.24) is 15.1 Å². The summed E-state index contributed by atoms with van der Waals surface area (Å²) in [5.74, 6) is 0.190. The highest BCUT2D eigenvalue weighted by atomic mass is 16.5. The van der Waals surface area contributed by atoms with Gasteiger partial charge in [-0.1, -0.05) is 11.2 Å². The predicted molar refractivity (Wildman–Crippen MR) is 81.6 cm³/mol. The quantitative estimate of drug-likeness (QED) is 0.774. The summed E-state index contributed by atoms with van der Waals surface area (Å²) in [6.45, 7) is 1.92. The van der Waals surface area contributed by atoms with Crippen molar-refractivity contribution in [3.05, 3.63) is 59.6 Å². The lowest BCUT2D eigenvalue weighted by molar-refractivity contribution is 0.0995. The Balaban J connectivity index is 1.88. The van der Waals surface area contributed by atoms with Crippen LogP contribution in [0.15, 0.2) is 47.2 Å². The van der Waals surface area contributed by atoms with E-state index in [1.165, 1.54) is 6.20 Å². The molecule has 1 amide bonds. The van der Waals surface area contributed by atoms with Crippen molar-refractivity contribution in [3.63, 3.8) is 0 Å². The molecule has 3 rings (SSSR count). The lowest BCUT2D eigenvalue weighted by Gasteiger charge is -2.08. The minimum Gasteiger partial charge on any atom is -0.472 e. The molecule has 0 spiro atoms. The molecule has 0 unspecified atom stereocenters. The third-order valence-corrected chi connectivity index (χ3v) is 3.28. The average Bonchev–Trinajstić information content (AvgIpc) is 2.94. The van der Waals surface area contributed by atoms with Gasteiger partial charge in [0.1, 0.15) is 23.6 Å². The summed E-state index contributed by atoms with van der Waals surface area (Å²) >= 11 is 0. The Morgan fingerprint density at radius 1 is 1.22 bits per heavy atom. The number of aryl methyl sites for hydroxylation is 1. The average molecular weight is 310 g/mol. The van der Waals surface area contributed by atoms with Gasteiger partial charge >= 0.3 is 0 Å². The maximum absolute atomic E-state index is 11.4. The number of rotatable bonds is 5. The highest BCUT2D eigenvalue weighted by Crippen LogP contribution is 2.25. The zero-order valence-corrected chi connectivity index (χ0v) is 12.4. The Labute approximate surface area is 132 Å². The molecule has 0 aliphatic carbocycles. The van der Waals surface area contributed by atoms with Crippen molar-refractivity contribution in [1.29, 1.82) is 0 Å². The van der Waals surface area contributed by atoms with Gasteiger partial charge in [-0.3, -0.25) is 9.78 Å². The summed E-state index contributed by atoms with van der Waals surface area (Å²) in [4.78, 5) is 19.7. The van der Waals surface area contributed by atoms with E-state index in [1.54, 1.807) is 25.3 Å². The summed E-state index contributed by atoms with van der Waals surface area (Å²) in [7, 11) is 0. The van der Waals surface area contributed by atoms with Crippen molar-refractivity contribution in [3.8, 4) is 17.3 Å². The number of ether oxygens (including phenoxy) is 1. The van der Waals surface area contributed by atoms with Crippen molar-refractivity contribution in [2.24, 2.45) is 5.73 Å². The van der Waals surface area contributed by atoms with Gasteiger partial charge in [-0.05, 0) is 31.2 Å². The van der Waals surface area contributed by atoms with Gasteiger partial charge < -0.3 is 15.0 Å². The monoisotopic (exact) mass is 310 g/mol. The fourth-order valence-electron chi connectivity index (χ4n) is 2.10. The van der Waals surface area contributed by atoms with Crippen LogP contribution in [0.1, 0.15) is 21.7 Å². The van der Waals surface area contributed by atoms with Gasteiger partial charge in [0.05, 0.1) is 11.3 Å². The second-order valence-corrected chi connectivity index (χ2v) is 4.79. The SMILES string of the molecule is Cc1onc(-c2ccccn2)c1COc1ncccc1C(N)=O. The molecule has 0 saturated carbocycles. The molecule has 3 aromatic heterocycles. The third-order valence-electron chi connectivity index (χ3n) is 3.28. The lowest BCUT2D eigenvalue weighted by atomic mass is 10.1. The van der Waals surface area contributed by atoms with Gasteiger partial charge in [-0.2, -0.15) is 0 Å². The summed E-state index contributed by atoms with van der Waals surface area (Å²) in [6.07, 6.45) is 3.20. The number of carbonyl (C=O) groups excluding carboxylic acids is 1. The van der Waals surface area contributed by atoms with Crippen LogP contribution in [-0.4, -0.2) is 21.0 Å². The smallest absolute Gasteiger partial charge is 0.254 e. The Kier molecular flexibility index (Phi) is 4.01. The Morgan fingerprint density at radius 3 is 2.78 bits per heavy atom. The second kappa shape index (κ2) is 6.27. The Morgan fingerprint density at radius 2 is 2.04 bits per heavy atom. The molecule has 0 fully saturated rings. The van der Waals surface area contributed by atoms with Gasteiger partial charge in [0.2, 0.25) is 5.88 Å². The topological polar surface area (TPSA) is 104 Å². The number of nitrogens with two attached hydrogens (primary N) is 1. The summed E-state index contributed by atoms with van der Waals surface area (Å²) < 4.78 is 10.9. The molecule has 7 heteroatoms.